The lowest BCUT2D eigenvalue weighted by Crippen LogP contribution is -2.29. The fraction of sp³-hybridized carbons (Fsp3) is 0.182. The van der Waals surface area contributed by atoms with Crippen molar-refractivity contribution < 1.29 is 17.6 Å². The number of fused-ring (bicyclic) bond motifs is 1. The highest BCUT2D eigenvalue weighted by molar-refractivity contribution is 7.88. The van der Waals surface area contributed by atoms with Gasteiger partial charge in [-0.1, -0.05) is 18.2 Å². The van der Waals surface area contributed by atoms with E-state index in [9.17, 15) is 13.2 Å². The molecule has 1 amide bonds. The number of para-hydroxylation sites is 1. The Kier molecular flexibility index (Phi) is 2.39. The molecule has 18 heavy (non-hydrogen) atoms. The monoisotopic (exact) mass is 266 g/mol. The lowest BCUT2D eigenvalue weighted by Gasteiger charge is -2.09. The van der Waals surface area contributed by atoms with Gasteiger partial charge < -0.3 is 4.42 Å². The lowest BCUT2D eigenvalue weighted by molar-refractivity contribution is -0.118. The van der Waals surface area contributed by atoms with Crippen LogP contribution in [0.15, 0.2) is 34.7 Å². The van der Waals surface area contributed by atoms with Crippen LogP contribution in [0.3, 0.4) is 0 Å². The van der Waals surface area contributed by atoms with Crippen LogP contribution in [-0.2, 0) is 21.5 Å². The first kappa shape index (κ1) is 11.2. The highest BCUT2D eigenvalue weighted by atomic mass is 32.2. The number of nitrogens with zero attached hydrogens (tertiary/aromatic N) is 1. The second kappa shape index (κ2) is 3.82. The van der Waals surface area contributed by atoms with Crippen molar-refractivity contribution in [1.82, 2.24) is 9.03 Å². The van der Waals surface area contributed by atoms with E-state index >= 15 is 0 Å². The molecule has 0 bridgehead atoms. The first-order chi connectivity index (χ1) is 8.54. The third-order valence-corrected chi connectivity index (χ3v) is 4.14. The Hall–Kier alpha value is -1.86. The second-order valence-corrected chi connectivity index (χ2v) is 5.72. The molecule has 1 aliphatic heterocycles. The lowest BCUT2D eigenvalue weighted by atomic mass is 10.2. The van der Waals surface area contributed by atoms with E-state index in [1.165, 1.54) is 0 Å². The topological polar surface area (TPSA) is 79.6 Å². The van der Waals surface area contributed by atoms with E-state index in [4.69, 9.17) is 4.42 Å². The van der Waals surface area contributed by atoms with Gasteiger partial charge in [0.1, 0.15) is 11.3 Å². The van der Waals surface area contributed by atoms with E-state index < -0.39 is 16.1 Å². The summed E-state index contributed by atoms with van der Waals surface area (Å²) < 4.78 is 31.6. The number of carbonyl (C=O) groups is 1. The SMILES string of the molecule is O=C1CN(Cc2cc3ccccc3o2)S(=O)(=O)N1. The normalized spacial score (nSPS) is 19.2. The van der Waals surface area contributed by atoms with Gasteiger partial charge in [-0.15, -0.1) is 0 Å². The van der Waals surface area contributed by atoms with E-state index in [0.717, 1.165) is 9.69 Å². The number of hydrogen-bond acceptors (Lipinski definition) is 4. The van der Waals surface area contributed by atoms with Gasteiger partial charge in [0.2, 0.25) is 5.91 Å². The summed E-state index contributed by atoms with van der Waals surface area (Å²) in [6.45, 7) is -0.116. The maximum absolute atomic E-state index is 11.5. The minimum absolute atomic E-state index is 0.0513. The maximum Gasteiger partial charge on any atom is 0.304 e. The number of rotatable bonds is 2. The van der Waals surface area contributed by atoms with Crippen LogP contribution in [0, 0.1) is 0 Å². The molecule has 0 unspecified atom stereocenters. The van der Waals surface area contributed by atoms with Gasteiger partial charge in [-0.05, 0) is 12.1 Å². The van der Waals surface area contributed by atoms with Gasteiger partial charge in [0.25, 0.3) is 0 Å². The molecule has 0 radical (unpaired) electrons. The van der Waals surface area contributed by atoms with Crippen LogP contribution < -0.4 is 4.72 Å². The van der Waals surface area contributed by atoms with Crippen molar-refractivity contribution >= 4 is 27.1 Å². The summed E-state index contributed by atoms with van der Waals surface area (Å²) in [5.74, 6) is -0.0117. The molecule has 3 rings (SSSR count). The average molecular weight is 266 g/mol. The number of carbonyl (C=O) groups excluding carboxylic acids is 1. The predicted molar refractivity (Wildman–Crippen MR) is 63.7 cm³/mol. The number of furan rings is 1. The molecular weight excluding hydrogens is 256 g/mol. The molecule has 0 atom stereocenters. The van der Waals surface area contributed by atoms with E-state index in [2.05, 4.69) is 0 Å². The Morgan fingerprint density at radius 3 is 2.78 bits per heavy atom. The Balaban J connectivity index is 1.91. The van der Waals surface area contributed by atoms with Crippen LogP contribution >= 0.6 is 0 Å². The zero-order valence-electron chi connectivity index (χ0n) is 9.29. The zero-order valence-corrected chi connectivity index (χ0v) is 10.1. The maximum atomic E-state index is 11.5. The van der Waals surface area contributed by atoms with Crippen molar-refractivity contribution in [3.8, 4) is 0 Å². The highest BCUT2D eigenvalue weighted by Crippen LogP contribution is 2.21. The van der Waals surface area contributed by atoms with Gasteiger partial charge in [0.15, 0.2) is 0 Å². The van der Waals surface area contributed by atoms with Crippen molar-refractivity contribution in [2.45, 2.75) is 6.54 Å². The molecule has 6 nitrogen and oxygen atoms in total. The minimum atomic E-state index is -3.70. The number of nitrogens with one attached hydrogen (secondary N) is 1. The summed E-state index contributed by atoms with van der Waals surface area (Å²) in [5, 5.41) is 0.906. The molecule has 1 fully saturated rings. The summed E-state index contributed by atoms with van der Waals surface area (Å²) in [6, 6.07) is 9.17. The Labute approximate surface area is 103 Å². The van der Waals surface area contributed by atoms with E-state index in [-0.39, 0.29) is 13.1 Å². The largest absolute Gasteiger partial charge is 0.460 e. The minimum Gasteiger partial charge on any atom is -0.460 e. The quantitative estimate of drug-likeness (QED) is 0.863. The first-order valence-electron chi connectivity index (χ1n) is 5.33. The Morgan fingerprint density at radius 1 is 1.33 bits per heavy atom. The average Bonchev–Trinajstić information content (AvgIpc) is 2.79. The van der Waals surface area contributed by atoms with Crippen LogP contribution in [0.25, 0.3) is 11.0 Å². The fourth-order valence-electron chi connectivity index (χ4n) is 1.92. The summed E-state index contributed by atoms with van der Waals surface area (Å²) in [7, 11) is -3.70. The summed E-state index contributed by atoms with van der Waals surface area (Å²) in [4.78, 5) is 11.1. The van der Waals surface area contributed by atoms with Crippen LogP contribution in [0.1, 0.15) is 5.76 Å². The second-order valence-electron chi connectivity index (χ2n) is 4.05. The van der Waals surface area contributed by atoms with Gasteiger partial charge in [-0.2, -0.15) is 12.7 Å². The van der Waals surface area contributed by atoms with Crippen LogP contribution in [0.5, 0.6) is 0 Å². The molecule has 7 heteroatoms. The van der Waals surface area contributed by atoms with E-state index in [0.29, 0.717) is 11.3 Å². The highest BCUT2D eigenvalue weighted by Gasteiger charge is 2.34. The predicted octanol–water partition coefficient (Wildman–Crippen LogP) is 0.609. The fourth-order valence-corrected chi connectivity index (χ4v) is 2.98. The molecule has 1 aromatic heterocycles. The first-order valence-corrected chi connectivity index (χ1v) is 6.77. The third-order valence-electron chi connectivity index (χ3n) is 2.71. The van der Waals surface area contributed by atoms with E-state index in [1.54, 1.807) is 12.1 Å². The molecule has 0 spiro atoms. The number of benzene rings is 1. The molecule has 0 aliphatic carbocycles. The van der Waals surface area contributed by atoms with Gasteiger partial charge in [0.05, 0.1) is 13.1 Å². The molecule has 0 saturated carbocycles. The van der Waals surface area contributed by atoms with Crippen LogP contribution in [0.4, 0.5) is 0 Å². The third kappa shape index (κ3) is 1.87. The van der Waals surface area contributed by atoms with Crippen LogP contribution in [0.2, 0.25) is 0 Å². The van der Waals surface area contributed by atoms with E-state index in [1.807, 2.05) is 22.9 Å². The Morgan fingerprint density at radius 2 is 2.11 bits per heavy atom. The van der Waals surface area contributed by atoms with Crippen molar-refractivity contribution in [2.24, 2.45) is 0 Å². The molecule has 1 N–H and O–H groups in total. The van der Waals surface area contributed by atoms with Gasteiger partial charge in [-0.25, -0.2) is 4.72 Å². The molecule has 1 saturated heterocycles. The zero-order chi connectivity index (χ0) is 12.8. The number of hydrogen-bond donors (Lipinski definition) is 1. The van der Waals surface area contributed by atoms with Gasteiger partial charge >= 0.3 is 10.2 Å². The number of amides is 1. The Bertz CT molecular complexity index is 686. The van der Waals surface area contributed by atoms with Crippen molar-refractivity contribution in [2.75, 3.05) is 6.54 Å². The molecule has 2 heterocycles. The summed E-state index contributed by atoms with van der Waals surface area (Å²) in [6.07, 6.45) is 0. The van der Waals surface area contributed by atoms with Crippen LogP contribution in [-0.4, -0.2) is 25.2 Å². The molecule has 94 valence electrons. The van der Waals surface area contributed by atoms with Crippen molar-refractivity contribution in [3.05, 3.63) is 36.1 Å². The van der Waals surface area contributed by atoms with Crippen molar-refractivity contribution in [3.63, 3.8) is 0 Å². The van der Waals surface area contributed by atoms with Gasteiger partial charge in [0, 0.05) is 5.39 Å². The molecule has 2 aromatic rings. The summed E-state index contributed by atoms with van der Waals surface area (Å²) >= 11 is 0. The standard InChI is InChI=1S/C11H10N2O4S/c14-11-7-13(18(15,16)12-11)6-9-5-8-3-1-2-4-10(8)17-9/h1-5H,6-7H2,(H,12,14). The smallest absolute Gasteiger partial charge is 0.304 e. The molecule has 1 aliphatic rings. The molecular formula is C11H10N2O4S. The summed E-state index contributed by atoms with van der Waals surface area (Å²) in [5.41, 5.74) is 0.698. The molecule has 1 aromatic carbocycles. The van der Waals surface area contributed by atoms with Crippen molar-refractivity contribution in [1.29, 1.82) is 0 Å². The van der Waals surface area contributed by atoms with Gasteiger partial charge in [-0.3, -0.25) is 4.79 Å².